The maximum absolute atomic E-state index is 13.4. The lowest BCUT2D eigenvalue weighted by molar-refractivity contribution is 0.0608. The summed E-state index contributed by atoms with van der Waals surface area (Å²) in [6.07, 6.45) is -0.811. The highest BCUT2D eigenvalue weighted by atomic mass is 79.9. The van der Waals surface area contributed by atoms with Crippen LogP contribution in [0.15, 0.2) is 22.7 Å². The average Bonchev–Trinajstić information content (AvgIpc) is 2.26. The van der Waals surface area contributed by atoms with Crippen molar-refractivity contribution >= 4 is 21.8 Å². The zero-order chi connectivity index (χ0) is 12.8. The van der Waals surface area contributed by atoms with Crippen molar-refractivity contribution in [3.63, 3.8) is 0 Å². The van der Waals surface area contributed by atoms with E-state index in [9.17, 15) is 14.3 Å². The maximum Gasteiger partial charge on any atom is 0.255 e. The van der Waals surface area contributed by atoms with E-state index in [0.717, 1.165) is 0 Å². The van der Waals surface area contributed by atoms with Crippen LogP contribution in [0.5, 0.6) is 0 Å². The van der Waals surface area contributed by atoms with Crippen molar-refractivity contribution in [2.75, 3.05) is 20.3 Å². The minimum absolute atomic E-state index is 0.00739. The van der Waals surface area contributed by atoms with Crippen LogP contribution in [0.3, 0.4) is 0 Å². The van der Waals surface area contributed by atoms with E-state index in [1.165, 1.54) is 19.2 Å². The molecule has 0 radical (unpaired) electrons. The summed E-state index contributed by atoms with van der Waals surface area (Å²) in [6.45, 7) is 0.117. The Morgan fingerprint density at radius 2 is 2.35 bits per heavy atom. The quantitative estimate of drug-likeness (QED) is 0.863. The molecule has 0 heterocycles. The summed E-state index contributed by atoms with van der Waals surface area (Å²) >= 11 is 3.10. The largest absolute Gasteiger partial charge is 0.389 e. The molecule has 0 saturated heterocycles. The number of aliphatic hydroxyl groups is 1. The van der Waals surface area contributed by atoms with Crippen molar-refractivity contribution in [3.8, 4) is 0 Å². The molecule has 0 aliphatic carbocycles. The Labute approximate surface area is 107 Å². The molecule has 1 aromatic carbocycles. The van der Waals surface area contributed by atoms with Crippen molar-refractivity contribution in [2.45, 2.75) is 6.10 Å². The fourth-order valence-corrected chi connectivity index (χ4v) is 1.79. The minimum atomic E-state index is -0.811. The Balaban J connectivity index is 2.64. The molecule has 0 aliphatic rings. The number of methoxy groups -OCH3 is 1. The average molecular weight is 306 g/mol. The van der Waals surface area contributed by atoms with E-state index < -0.39 is 17.8 Å². The maximum atomic E-state index is 13.4. The highest BCUT2D eigenvalue weighted by Gasteiger charge is 2.16. The van der Waals surface area contributed by atoms with Gasteiger partial charge in [-0.2, -0.15) is 0 Å². The second kappa shape index (κ2) is 6.68. The normalized spacial score (nSPS) is 12.2. The highest BCUT2D eigenvalue weighted by molar-refractivity contribution is 9.10. The lowest BCUT2D eigenvalue weighted by Gasteiger charge is -2.11. The zero-order valence-electron chi connectivity index (χ0n) is 9.24. The van der Waals surface area contributed by atoms with Crippen LogP contribution in [0.2, 0.25) is 0 Å². The van der Waals surface area contributed by atoms with Gasteiger partial charge in [-0.25, -0.2) is 4.39 Å². The van der Waals surface area contributed by atoms with Gasteiger partial charge in [0, 0.05) is 18.1 Å². The standard InChI is InChI=1S/C11H13BrFNO3/c1-17-6-7(15)5-14-11(16)10-8(12)3-2-4-9(10)13/h2-4,7,15H,5-6H2,1H3,(H,14,16). The number of hydrogen-bond acceptors (Lipinski definition) is 3. The van der Waals surface area contributed by atoms with Gasteiger partial charge in [0.15, 0.2) is 0 Å². The second-order valence-electron chi connectivity index (χ2n) is 3.42. The first kappa shape index (κ1) is 14.1. The van der Waals surface area contributed by atoms with E-state index in [4.69, 9.17) is 4.74 Å². The molecule has 1 atom stereocenters. The third-order valence-electron chi connectivity index (χ3n) is 2.05. The van der Waals surface area contributed by atoms with Gasteiger partial charge >= 0.3 is 0 Å². The van der Waals surface area contributed by atoms with Gasteiger partial charge in [-0.3, -0.25) is 4.79 Å². The van der Waals surface area contributed by atoms with E-state index >= 15 is 0 Å². The van der Waals surface area contributed by atoms with E-state index in [0.29, 0.717) is 4.47 Å². The molecule has 0 fully saturated rings. The Morgan fingerprint density at radius 3 is 2.94 bits per heavy atom. The molecule has 0 bridgehead atoms. The van der Waals surface area contributed by atoms with Crippen molar-refractivity contribution in [3.05, 3.63) is 34.1 Å². The second-order valence-corrected chi connectivity index (χ2v) is 4.27. The molecule has 0 spiro atoms. The molecule has 1 aromatic rings. The van der Waals surface area contributed by atoms with Gasteiger partial charge in [-0.1, -0.05) is 6.07 Å². The monoisotopic (exact) mass is 305 g/mol. The fraction of sp³-hybridized carbons (Fsp3) is 0.364. The number of hydrogen-bond donors (Lipinski definition) is 2. The predicted molar refractivity (Wildman–Crippen MR) is 64.3 cm³/mol. The van der Waals surface area contributed by atoms with Crippen molar-refractivity contribution < 1.29 is 19.0 Å². The molecule has 6 heteroatoms. The number of halogens is 2. The first-order valence-corrected chi connectivity index (χ1v) is 5.74. The molecule has 0 saturated carbocycles. The summed E-state index contributed by atoms with van der Waals surface area (Å²) < 4.78 is 18.5. The van der Waals surface area contributed by atoms with Gasteiger partial charge < -0.3 is 15.2 Å². The molecule has 1 rings (SSSR count). The Hall–Kier alpha value is -0.980. The molecule has 1 unspecified atom stereocenters. The van der Waals surface area contributed by atoms with Gasteiger partial charge in [0.1, 0.15) is 5.82 Å². The van der Waals surface area contributed by atoms with Crippen molar-refractivity contribution in [1.82, 2.24) is 5.32 Å². The van der Waals surface area contributed by atoms with Crippen LogP contribution < -0.4 is 5.32 Å². The van der Waals surface area contributed by atoms with Gasteiger partial charge in [0.25, 0.3) is 5.91 Å². The molecular formula is C11H13BrFNO3. The summed E-state index contributed by atoms with van der Waals surface area (Å²) in [4.78, 5) is 11.7. The van der Waals surface area contributed by atoms with E-state index in [-0.39, 0.29) is 18.7 Å². The number of benzene rings is 1. The van der Waals surface area contributed by atoms with Gasteiger partial charge in [0.2, 0.25) is 0 Å². The fourth-order valence-electron chi connectivity index (χ4n) is 1.26. The van der Waals surface area contributed by atoms with Crippen molar-refractivity contribution in [2.24, 2.45) is 0 Å². The number of aliphatic hydroxyl groups excluding tert-OH is 1. The molecule has 94 valence electrons. The molecular weight excluding hydrogens is 293 g/mol. The summed E-state index contributed by atoms with van der Waals surface area (Å²) in [6, 6.07) is 4.27. The molecule has 2 N–H and O–H groups in total. The van der Waals surface area contributed by atoms with Crippen LogP contribution in [0.25, 0.3) is 0 Å². The Kier molecular flexibility index (Phi) is 5.54. The first-order valence-electron chi connectivity index (χ1n) is 4.95. The highest BCUT2D eigenvalue weighted by Crippen LogP contribution is 2.19. The first-order chi connectivity index (χ1) is 8.06. The van der Waals surface area contributed by atoms with Crippen LogP contribution in [-0.4, -0.2) is 37.4 Å². The van der Waals surface area contributed by atoms with E-state index in [1.807, 2.05) is 0 Å². The van der Waals surface area contributed by atoms with Gasteiger partial charge in [0.05, 0.1) is 18.3 Å². The lowest BCUT2D eigenvalue weighted by Crippen LogP contribution is -2.34. The lowest BCUT2D eigenvalue weighted by atomic mass is 10.2. The summed E-state index contributed by atoms with van der Waals surface area (Å²) in [5.74, 6) is -1.19. The van der Waals surface area contributed by atoms with Crippen LogP contribution in [0.4, 0.5) is 4.39 Å². The van der Waals surface area contributed by atoms with E-state index in [1.54, 1.807) is 6.07 Å². The summed E-state index contributed by atoms with van der Waals surface area (Å²) in [5, 5.41) is 11.8. The third-order valence-corrected chi connectivity index (χ3v) is 2.71. The Morgan fingerprint density at radius 1 is 1.65 bits per heavy atom. The van der Waals surface area contributed by atoms with Crippen LogP contribution in [0, 0.1) is 5.82 Å². The SMILES string of the molecule is COCC(O)CNC(=O)c1c(F)cccc1Br. The third kappa shape index (κ3) is 4.07. The number of carbonyl (C=O) groups is 1. The number of amides is 1. The number of carbonyl (C=O) groups excluding carboxylic acids is 1. The van der Waals surface area contributed by atoms with Gasteiger partial charge in [-0.15, -0.1) is 0 Å². The summed E-state index contributed by atoms with van der Waals surface area (Å²) in [7, 11) is 1.44. The number of ether oxygens (including phenoxy) is 1. The minimum Gasteiger partial charge on any atom is -0.389 e. The van der Waals surface area contributed by atoms with E-state index in [2.05, 4.69) is 21.2 Å². The summed E-state index contributed by atoms with van der Waals surface area (Å²) in [5.41, 5.74) is -0.0721. The number of rotatable bonds is 5. The Bertz CT molecular complexity index is 380. The molecule has 4 nitrogen and oxygen atoms in total. The van der Waals surface area contributed by atoms with Crippen LogP contribution >= 0.6 is 15.9 Å². The zero-order valence-corrected chi connectivity index (χ0v) is 10.8. The van der Waals surface area contributed by atoms with Crippen molar-refractivity contribution in [1.29, 1.82) is 0 Å². The molecule has 0 aliphatic heterocycles. The van der Waals surface area contributed by atoms with Crippen LogP contribution in [-0.2, 0) is 4.74 Å². The van der Waals surface area contributed by atoms with Gasteiger partial charge in [-0.05, 0) is 28.1 Å². The molecule has 17 heavy (non-hydrogen) atoms. The molecule has 1 amide bonds. The number of nitrogens with one attached hydrogen (secondary N) is 1. The molecule has 0 aromatic heterocycles. The van der Waals surface area contributed by atoms with Crippen LogP contribution in [0.1, 0.15) is 10.4 Å². The predicted octanol–water partition coefficient (Wildman–Crippen LogP) is 1.33. The smallest absolute Gasteiger partial charge is 0.255 e. The topological polar surface area (TPSA) is 58.6 Å².